The molecule has 4 N–H and O–H groups in total. The summed E-state index contributed by atoms with van der Waals surface area (Å²) in [6.45, 7) is 0.210. The summed E-state index contributed by atoms with van der Waals surface area (Å²) < 4.78 is 1.96. The molecule has 9 nitrogen and oxygen atoms in total. The van der Waals surface area contributed by atoms with Crippen molar-refractivity contribution in [3.63, 3.8) is 0 Å². The number of hydrogen-bond donors (Lipinski definition) is 4. The molecule has 0 bridgehead atoms. The van der Waals surface area contributed by atoms with E-state index in [1.807, 2.05) is 28.8 Å². The number of nitrogens with zero attached hydrogens (tertiary/aromatic N) is 2. The molecule has 4 rings (SSSR count). The van der Waals surface area contributed by atoms with Gasteiger partial charge in [-0.1, -0.05) is 0 Å². The standard InChI is InChI=1S/C21H21N5O4/c1-22-20(28)13-2-6-17-16(11-13)24-18(8-9-23-21(29)30)26(17)14-4-5-15-12(10-14)3-7-19(27)25-15/h2,4-6,10-11,23H,3,7-9H2,1H3,(H,22,28)(H,25,27)(H,29,30). The van der Waals surface area contributed by atoms with Crippen LogP contribution >= 0.6 is 0 Å². The third-order valence-electron chi connectivity index (χ3n) is 5.08. The van der Waals surface area contributed by atoms with E-state index in [0.717, 1.165) is 22.5 Å². The fourth-order valence-corrected chi connectivity index (χ4v) is 3.66. The quantitative estimate of drug-likeness (QED) is 0.515. The Morgan fingerprint density at radius 3 is 2.80 bits per heavy atom. The number of aromatic nitrogens is 2. The summed E-state index contributed by atoms with van der Waals surface area (Å²) in [6, 6.07) is 11.1. The first-order valence-electron chi connectivity index (χ1n) is 9.59. The van der Waals surface area contributed by atoms with Gasteiger partial charge < -0.3 is 21.1 Å². The second kappa shape index (κ2) is 7.86. The van der Waals surface area contributed by atoms with Crippen LogP contribution in [-0.4, -0.2) is 46.2 Å². The monoisotopic (exact) mass is 407 g/mol. The Hall–Kier alpha value is -3.88. The van der Waals surface area contributed by atoms with Gasteiger partial charge in [-0.15, -0.1) is 0 Å². The maximum atomic E-state index is 12.0. The SMILES string of the molecule is CNC(=O)c1ccc2c(c1)nc(CCNC(=O)O)n2-c1ccc2c(c1)CCC(=O)N2. The van der Waals surface area contributed by atoms with Gasteiger partial charge in [0.1, 0.15) is 5.82 Å². The summed E-state index contributed by atoms with van der Waals surface area (Å²) in [4.78, 5) is 39.1. The third kappa shape index (κ3) is 3.69. The van der Waals surface area contributed by atoms with E-state index in [9.17, 15) is 14.4 Å². The molecule has 3 aromatic rings. The molecule has 0 atom stereocenters. The van der Waals surface area contributed by atoms with Gasteiger partial charge in [0.15, 0.2) is 0 Å². The number of aryl methyl sites for hydroxylation is 1. The lowest BCUT2D eigenvalue weighted by Crippen LogP contribution is -2.24. The van der Waals surface area contributed by atoms with Crippen LogP contribution in [0.2, 0.25) is 0 Å². The Morgan fingerprint density at radius 1 is 1.20 bits per heavy atom. The van der Waals surface area contributed by atoms with Crippen LogP contribution < -0.4 is 16.0 Å². The third-order valence-corrected chi connectivity index (χ3v) is 5.08. The van der Waals surface area contributed by atoms with Gasteiger partial charge in [0.25, 0.3) is 5.91 Å². The van der Waals surface area contributed by atoms with E-state index in [-0.39, 0.29) is 18.4 Å². The van der Waals surface area contributed by atoms with E-state index in [4.69, 9.17) is 5.11 Å². The molecule has 0 unspecified atom stereocenters. The van der Waals surface area contributed by atoms with Crippen LogP contribution in [0.4, 0.5) is 10.5 Å². The van der Waals surface area contributed by atoms with Crippen molar-refractivity contribution in [1.82, 2.24) is 20.2 Å². The number of amides is 3. The molecule has 2 aromatic carbocycles. The molecule has 1 aliphatic heterocycles. The Balaban J connectivity index is 1.80. The number of carboxylic acid groups (broad SMARTS) is 1. The van der Waals surface area contributed by atoms with Gasteiger partial charge in [-0.25, -0.2) is 9.78 Å². The summed E-state index contributed by atoms with van der Waals surface area (Å²) >= 11 is 0. The molecule has 0 saturated heterocycles. The zero-order chi connectivity index (χ0) is 21.3. The average molecular weight is 407 g/mol. The fraction of sp³-hybridized carbons (Fsp3) is 0.238. The predicted molar refractivity (Wildman–Crippen MR) is 111 cm³/mol. The van der Waals surface area contributed by atoms with Crippen molar-refractivity contribution in [2.24, 2.45) is 0 Å². The Bertz CT molecular complexity index is 1170. The first kappa shape index (κ1) is 19.4. The second-order valence-electron chi connectivity index (χ2n) is 7.02. The molecule has 1 aromatic heterocycles. The number of nitrogens with one attached hydrogen (secondary N) is 3. The van der Waals surface area contributed by atoms with Gasteiger partial charge in [0.2, 0.25) is 5.91 Å². The van der Waals surface area contributed by atoms with Crippen molar-refractivity contribution in [2.75, 3.05) is 18.9 Å². The molecule has 3 amide bonds. The molecule has 0 aliphatic carbocycles. The second-order valence-corrected chi connectivity index (χ2v) is 7.02. The van der Waals surface area contributed by atoms with Gasteiger partial charge in [-0.2, -0.15) is 0 Å². The van der Waals surface area contributed by atoms with Gasteiger partial charge >= 0.3 is 6.09 Å². The highest BCUT2D eigenvalue weighted by Gasteiger charge is 2.18. The van der Waals surface area contributed by atoms with Gasteiger partial charge in [-0.05, 0) is 48.4 Å². The molecule has 2 heterocycles. The number of hydrogen-bond acceptors (Lipinski definition) is 4. The van der Waals surface area contributed by atoms with Crippen molar-refractivity contribution in [3.05, 3.63) is 53.3 Å². The number of fused-ring (bicyclic) bond motifs is 2. The van der Waals surface area contributed by atoms with Crippen LogP contribution in [0.5, 0.6) is 0 Å². The number of carbonyl (C=O) groups excluding carboxylic acids is 2. The first-order valence-corrected chi connectivity index (χ1v) is 9.59. The number of imidazole rings is 1. The summed E-state index contributed by atoms with van der Waals surface area (Å²) in [7, 11) is 1.57. The van der Waals surface area contributed by atoms with E-state index < -0.39 is 6.09 Å². The Kier molecular flexibility index (Phi) is 5.09. The number of benzene rings is 2. The van der Waals surface area contributed by atoms with E-state index in [1.54, 1.807) is 19.2 Å². The maximum absolute atomic E-state index is 12.0. The highest BCUT2D eigenvalue weighted by Crippen LogP contribution is 2.29. The van der Waals surface area contributed by atoms with Crippen LogP contribution in [0.15, 0.2) is 36.4 Å². The van der Waals surface area contributed by atoms with Crippen molar-refractivity contribution < 1.29 is 19.5 Å². The van der Waals surface area contributed by atoms with Crippen LogP contribution in [0, 0.1) is 0 Å². The lowest BCUT2D eigenvalue weighted by molar-refractivity contribution is -0.116. The largest absolute Gasteiger partial charge is 0.465 e. The van der Waals surface area contributed by atoms with E-state index in [0.29, 0.717) is 36.2 Å². The highest BCUT2D eigenvalue weighted by molar-refractivity contribution is 5.97. The molecule has 30 heavy (non-hydrogen) atoms. The predicted octanol–water partition coefficient (Wildman–Crippen LogP) is 2.08. The number of carbonyl (C=O) groups is 3. The zero-order valence-electron chi connectivity index (χ0n) is 16.4. The average Bonchev–Trinajstić information content (AvgIpc) is 3.09. The smallest absolute Gasteiger partial charge is 0.404 e. The Morgan fingerprint density at radius 2 is 2.03 bits per heavy atom. The van der Waals surface area contributed by atoms with E-state index in [1.165, 1.54) is 0 Å². The maximum Gasteiger partial charge on any atom is 0.404 e. The lowest BCUT2D eigenvalue weighted by Gasteiger charge is -2.19. The normalized spacial score (nSPS) is 12.9. The zero-order valence-corrected chi connectivity index (χ0v) is 16.4. The Labute approximate surface area is 172 Å². The summed E-state index contributed by atoms with van der Waals surface area (Å²) in [6.07, 6.45) is 0.373. The lowest BCUT2D eigenvalue weighted by atomic mass is 10.0. The molecule has 0 fully saturated rings. The van der Waals surface area contributed by atoms with Crippen LogP contribution in [0.1, 0.15) is 28.2 Å². The molecular weight excluding hydrogens is 386 g/mol. The summed E-state index contributed by atoms with van der Waals surface area (Å²) in [5.41, 5.74) is 4.66. The van der Waals surface area contributed by atoms with Gasteiger partial charge in [0.05, 0.1) is 11.0 Å². The van der Waals surface area contributed by atoms with Gasteiger partial charge in [0, 0.05) is 43.4 Å². The van der Waals surface area contributed by atoms with Gasteiger partial charge in [-0.3, -0.25) is 14.2 Å². The number of anilines is 1. The summed E-state index contributed by atoms with van der Waals surface area (Å²) in [5, 5.41) is 16.7. The minimum Gasteiger partial charge on any atom is -0.465 e. The van der Waals surface area contributed by atoms with E-state index in [2.05, 4.69) is 20.9 Å². The highest BCUT2D eigenvalue weighted by atomic mass is 16.4. The van der Waals surface area contributed by atoms with Crippen molar-refractivity contribution in [1.29, 1.82) is 0 Å². The number of rotatable bonds is 5. The molecule has 9 heteroatoms. The summed E-state index contributed by atoms with van der Waals surface area (Å²) in [5.74, 6) is 0.475. The fourth-order valence-electron chi connectivity index (χ4n) is 3.66. The molecule has 0 saturated carbocycles. The van der Waals surface area contributed by atoms with Crippen LogP contribution in [0.3, 0.4) is 0 Å². The van der Waals surface area contributed by atoms with Crippen molar-refractivity contribution in [2.45, 2.75) is 19.3 Å². The minimum atomic E-state index is -1.09. The molecule has 0 spiro atoms. The van der Waals surface area contributed by atoms with Crippen molar-refractivity contribution >= 4 is 34.6 Å². The van der Waals surface area contributed by atoms with Crippen LogP contribution in [0.25, 0.3) is 16.7 Å². The minimum absolute atomic E-state index is 0.00509. The molecule has 1 aliphatic rings. The van der Waals surface area contributed by atoms with Crippen LogP contribution in [-0.2, 0) is 17.6 Å². The molecule has 154 valence electrons. The first-order chi connectivity index (χ1) is 14.5. The van der Waals surface area contributed by atoms with Crippen molar-refractivity contribution in [3.8, 4) is 5.69 Å². The van der Waals surface area contributed by atoms with E-state index >= 15 is 0 Å². The topological polar surface area (TPSA) is 125 Å². The molecular formula is C21H21N5O4. The molecule has 0 radical (unpaired) electrons.